The molecule has 0 aliphatic heterocycles. The van der Waals surface area contributed by atoms with Gasteiger partial charge in [0.15, 0.2) is 0 Å². The van der Waals surface area contributed by atoms with Crippen LogP contribution in [-0.4, -0.2) is 28.8 Å². The third kappa shape index (κ3) is 18.9. The summed E-state index contributed by atoms with van der Waals surface area (Å²) in [6.45, 7) is 0.365. The molecule has 0 aromatic carbocycles. The van der Waals surface area contributed by atoms with Crippen LogP contribution < -0.4 is 5.73 Å². The van der Waals surface area contributed by atoms with Crippen LogP contribution in [0.1, 0.15) is 83.5 Å². The summed E-state index contributed by atoms with van der Waals surface area (Å²) in [5.74, 6) is -0.705. The van der Waals surface area contributed by atoms with Crippen molar-refractivity contribution < 1.29 is 15.0 Å². The first kappa shape index (κ1) is 22.9. The Balaban J connectivity index is 3.19. The molecule has 0 bridgehead atoms. The minimum atomic E-state index is -0.705. The van der Waals surface area contributed by atoms with E-state index in [0.717, 1.165) is 44.9 Å². The van der Waals surface area contributed by atoms with Gasteiger partial charge in [-0.1, -0.05) is 43.6 Å². The smallest absolute Gasteiger partial charge is 0.303 e. The Bertz CT molecular complexity index is 340. The fourth-order valence-electron chi connectivity index (χ4n) is 2.49. The Morgan fingerprint density at radius 1 is 0.792 bits per heavy atom. The highest BCUT2D eigenvalue weighted by Crippen LogP contribution is 2.09. The van der Waals surface area contributed by atoms with Crippen LogP contribution in [0.3, 0.4) is 0 Å². The molecule has 0 fully saturated rings. The predicted molar refractivity (Wildman–Crippen MR) is 101 cm³/mol. The zero-order valence-corrected chi connectivity index (χ0v) is 15.2. The average molecular weight is 340 g/mol. The molecule has 0 saturated heterocycles. The van der Waals surface area contributed by atoms with Crippen molar-refractivity contribution >= 4 is 5.97 Å². The zero-order valence-electron chi connectivity index (χ0n) is 15.2. The topological polar surface area (TPSA) is 83.5 Å². The zero-order chi connectivity index (χ0) is 17.9. The minimum absolute atomic E-state index is 0.272. The number of rotatable bonds is 17. The van der Waals surface area contributed by atoms with E-state index in [-0.39, 0.29) is 12.5 Å². The maximum atomic E-state index is 10.3. The van der Waals surface area contributed by atoms with Gasteiger partial charge < -0.3 is 15.9 Å². The summed E-state index contributed by atoms with van der Waals surface area (Å²) < 4.78 is 0. The van der Waals surface area contributed by atoms with Crippen LogP contribution in [0.15, 0.2) is 24.3 Å². The van der Waals surface area contributed by atoms with Gasteiger partial charge in [0.05, 0.1) is 6.10 Å². The van der Waals surface area contributed by atoms with Gasteiger partial charge >= 0.3 is 5.97 Å². The number of aliphatic carboxylic acids is 1. The molecule has 0 aromatic heterocycles. The van der Waals surface area contributed by atoms with Crippen molar-refractivity contribution in [2.75, 3.05) is 6.54 Å². The Morgan fingerprint density at radius 2 is 1.25 bits per heavy atom. The summed E-state index contributed by atoms with van der Waals surface area (Å²) in [7, 11) is 0. The van der Waals surface area contributed by atoms with Gasteiger partial charge in [-0.05, 0) is 57.8 Å². The number of allylic oxidation sites excluding steroid dienone is 4. The average Bonchev–Trinajstić information content (AvgIpc) is 2.57. The van der Waals surface area contributed by atoms with Gasteiger partial charge in [-0.25, -0.2) is 0 Å². The molecule has 0 amide bonds. The van der Waals surface area contributed by atoms with Crippen LogP contribution >= 0.6 is 0 Å². The van der Waals surface area contributed by atoms with Crippen LogP contribution in [-0.2, 0) is 4.79 Å². The first-order chi connectivity index (χ1) is 11.7. The third-order valence-corrected chi connectivity index (χ3v) is 4.02. The van der Waals surface area contributed by atoms with Gasteiger partial charge in [0.1, 0.15) is 0 Å². The number of carbonyl (C=O) groups is 1. The van der Waals surface area contributed by atoms with Crippen molar-refractivity contribution in [3.8, 4) is 0 Å². The van der Waals surface area contributed by atoms with E-state index in [9.17, 15) is 9.90 Å². The van der Waals surface area contributed by atoms with E-state index in [2.05, 4.69) is 24.3 Å². The van der Waals surface area contributed by atoms with Gasteiger partial charge in [-0.2, -0.15) is 0 Å². The second-order valence-corrected chi connectivity index (χ2v) is 6.39. The van der Waals surface area contributed by atoms with E-state index in [4.69, 9.17) is 10.8 Å². The third-order valence-electron chi connectivity index (χ3n) is 4.02. The fourth-order valence-corrected chi connectivity index (χ4v) is 2.49. The number of unbranched alkanes of at least 4 members (excludes halogenated alkanes) is 8. The Kier molecular flexibility index (Phi) is 17.4. The fraction of sp³-hybridized carbons (Fsp3) is 0.750. The SMILES string of the molecule is NC[C@H](O)CCC/C=C\CCCCCCC/C=C\CCCC(=O)O. The summed E-state index contributed by atoms with van der Waals surface area (Å²) in [5, 5.41) is 17.8. The molecule has 4 N–H and O–H groups in total. The highest BCUT2D eigenvalue weighted by molar-refractivity contribution is 5.66. The highest BCUT2D eigenvalue weighted by atomic mass is 16.4. The molecule has 0 aliphatic rings. The van der Waals surface area contributed by atoms with Crippen molar-refractivity contribution in [2.24, 2.45) is 5.73 Å². The van der Waals surface area contributed by atoms with Gasteiger partial charge in [-0.3, -0.25) is 4.79 Å². The van der Waals surface area contributed by atoms with Crippen molar-refractivity contribution in [1.29, 1.82) is 0 Å². The summed E-state index contributed by atoms with van der Waals surface area (Å²) in [4.78, 5) is 10.3. The number of carboxylic acids is 1. The molecular formula is C20H37NO3. The van der Waals surface area contributed by atoms with Crippen molar-refractivity contribution in [3.63, 3.8) is 0 Å². The van der Waals surface area contributed by atoms with Crippen LogP contribution in [0.25, 0.3) is 0 Å². The summed E-state index contributed by atoms with van der Waals surface area (Å²) >= 11 is 0. The van der Waals surface area contributed by atoms with E-state index in [1.807, 2.05) is 0 Å². The minimum Gasteiger partial charge on any atom is -0.481 e. The van der Waals surface area contributed by atoms with E-state index < -0.39 is 5.97 Å². The molecule has 4 heteroatoms. The first-order valence-electron chi connectivity index (χ1n) is 9.56. The van der Waals surface area contributed by atoms with Gasteiger partial charge in [0.25, 0.3) is 0 Å². The molecule has 0 rings (SSSR count). The summed E-state index contributed by atoms with van der Waals surface area (Å²) in [6.07, 6.45) is 21.8. The number of aliphatic hydroxyl groups is 1. The van der Waals surface area contributed by atoms with E-state index in [0.29, 0.717) is 6.54 Å². The number of hydrogen-bond acceptors (Lipinski definition) is 3. The number of hydrogen-bond donors (Lipinski definition) is 3. The van der Waals surface area contributed by atoms with E-state index in [1.165, 1.54) is 32.1 Å². The molecule has 140 valence electrons. The van der Waals surface area contributed by atoms with Gasteiger partial charge in [0.2, 0.25) is 0 Å². The van der Waals surface area contributed by atoms with Crippen LogP contribution in [0.4, 0.5) is 0 Å². The molecular weight excluding hydrogens is 302 g/mol. The van der Waals surface area contributed by atoms with Crippen molar-refractivity contribution in [2.45, 2.75) is 89.6 Å². The van der Waals surface area contributed by atoms with Crippen LogP contribution in [0, 0.1) is 0 Å². The second-order valence-electron chi connectivity index (χ2n) is 6.39. The van der Waals surface area contributed by atoms with Crippen molar-refractivity contribution in [3.05, 3.63) is 24.3 Å². The summed E-state index contributed by atoms with van der Waals surface area (Å²) in [5.41, 5.74) is 5.36. The highest BCUT2D eigenvalue weighted by Gasteiger charge is 1.98. The molecule has 0 aliphatic carbocycles. The van der Waals surface area contributed by atoms with Crippen molar-refractivity contribution in [1.82, 2.24) is 0 Å². The van der Waals surface area contributed by atoms with Crippen LogP contribution in [0.2, 0.25) is 0 Å². The number of carboxylic acid groups (broad SMARTS) is 1. The molecule has 0 heterocycles. The van der Waals surface area contributed by atoms with E-state index in [1.54, 1.807) is 0 Å². The van der Waals surface area contributed by atoms with Gasteiger partial charge in [-0.15, -0.1) is 0 Å². The second kappa shape index (κ2) is 18.2. The maximum Gasteiger partial charge on any atom is 0.303 e. The Labute approximate surface area is 147 Å². The quantitative estimate of drug-likeness (QED) is 0.268. The lowest BCUT2D eigenvalue weighted by atomic mass is 10.1. The first-order valence-corrected chi connectivity index (χ1v) is 9.56. The normalized spacial score (nSPS) is 13.1. The molecule has 0 unspecified atom stereocenters. The lowest BCUT2D eigenvalue weighted by Crippen LogP contribution is -2.18. The predicted octanol–water partition coefficient (Wildman–Crippen LogP) is 4.57. The largest absolute Gasteiger partial charge is 0.481 e. The maximum absolute atomic E-state index is 10.3. The molecule has 0 radical (unpaired) electrons. The van der Waals surface area contributed by atoms with Crippen LogP contribution in [0.5, 0.6) is 0 Å². The van der Waals surface area contributed by atoms with Gasteiger partial charge in [0, 0.05) is 13.0 Å². The molecule has 4 nitrogen and oxygen atoms in total. The van der Waals surface area contributed by atoms with E-state index >= 15 is 0 Å². The number of nitrogens with two attached hydrogens (primary N) is 1. The lowest BCUT2D eigenvalue weighted by Gasteiger charge is -2.04. The molecule has 0 aromatic rings. The number of aliphatic hydroxyl groups excluding tert-OH is 1. The summed E-state index contributed by atoms with van der Waals surface area (Å²) in [6, 6.07) is 0. The lowest BCUT2D eigenvalue weighted by molar-refractivity contribution is -0.137. The molecule has 1 atom stereocenters. The monoisotopic (exact) mass is 339 g/mol. The molecule has 0 spiro atoms. The molecule has 24 heavy (non-hydrogen) atoms. The Morgan fingerprint density at radius 3 is 1.75 bits per heavy atom. The Hall–Kier alpha value is -1.13. The molecule has 0 saturated carbocycles. The standard InChI is InChI=1S/C20H37NO3/c21-18-19(22)16-14-12-10-8-6-4-2-1-3-5-7-9-11-13-15-17-20(23)24/h8-11,19,22H,1-7,12-18,21H2,(H,23,24)/b10-8-,11-9-/t19-/m1/s1.